The molecule has 0 saturated carbocycles. The molecule has 280 valence electrons. The predicted molar refractivity (Wildman–Crippen MR) is 206 cm³/mol. The van der Waals surface area contributed by atoms with Crippen molar-refractivity contribution in [3.05, 3.63) is 114 Å². The summed E-state index contributed by atoms with van der Waals surface area (Å²) in [5.74, 6) is 0.267. The zero-order chi connectivity index (χ0) is 37.5. The average molecular weight is 723 g/mol. The van der Waals surface area contributed by atoms with Crippen LogP contribution in [-0.2, 0) is 22.6 Å². The molecule has 2 heterocycles. The molecule has 0 aliphatic carbocycles. The first-order chi connectivity index (χ1) is 25.6. The standard InChI is InChI=1S/C41H50N6O6/c1-41(2,3)53-40(50)45-36-15-9-8-14-35(36)44-38(48)37-21-16-32(28-42-37)29-47(23-11-5-10-22-46-24-26-51-27-25-46)39(49)43-33-17-19-34(20-18-33)52-30-31-12-6-4-7-13-31/h4,6-9,12-21,28H,5,10-11,22-27,29-30H2,1-3H3,(H,43,49)(H,44,48)(H,45,50). The van der Waals surface area contributed by atoms with Gasteiger partial charge in [-0.3, -0.25) is 20.0 Å². The lowest BCUT2D eigenvalue weighted by Gasteiger charge is -2.27. The lowest BCUT2D eigenvalue weighted by Crippen LogP contribution is -2.37. The van der Waals surface area contributed by atoms with E-state index in [1.54, 1.807) is 68.3 Å². The predicted octanol–water partition coefficient (Wildman–Crippen LogP) is 7.80. The van der Waals surface area contributed by atoms with Crippen LogP contribution in [0.2, 0.25) is 0 Å². The number of pyridine rings is 1. The van der Waals surface area contributed by atoms with Crippen LogP contribution in [0.25, 0.3) is 0 Å². The monoisotopic (exact) mass is 722 g/mol. The number of carbonyl (C=O) groups excluding carboxylic acids is 3. The van der Waals surface area contributed by atoms with Gasteiger partial charge < -0.3 is 29.7 Å². The zero-order valence-electron chi connectivity index (χ0n) is 30.8. The second-order valence-electron chi connectivity index (χ2n) is 13.8. The maximum absolute atomic E-state index is 13.6. The Morgan fingerprint density at radius 3 is 2.17 bits per heavy atom. The first-order valence-corrected chi connectivity index (χ1v) is 18.1. The fourth-order valence-electron chi connectivity index (χ4n) is 5.64. The summed E-state index contributed by atoms with van der Waals surface area (Å²) in [7, 11) is 0. The van der Waals surface area contributed by atoms with Crippen molar-refractivity contribution in [2.45, 2.75) is 58.8 Å². The third kappa shape index (κ3) is 13.2. The van der Waals surface area contributed by atoms with Gasteiger partial charge in [0.05, 0.1) is 24.6 Å². The molecule has 5 rings (SSSR count). The number of anilines is 3. The van der Waals surface area contributed by atoms with Gasteiger partial charge in [0.15, 0.2) is 0 Å². The lowest BCUT2D eigenvalue weighted by atomic mass is 10.2. The number of hydrogen-bond acceptors (Lipinski definition) is 8. The number of morpholine rings is 1. The highest BCUT2D eigenvalue weighted by molar-refractivity contribution is 6.05. The number of nitrogens with zero attached hydrogens (tertiary/aromatic N) is 3. The van der Waals surface area contributed by atoms with E-state index in [9.17, 15) is 14.4 Å². The molecule has 0 unspecified atom stereocenters. The first-order valence-electron chi connectivity index (χ1n) is 18.1. The average Bonchev–Trinajstić information content (AvgIpc) is 3.15. The van der Waals surface area contributed by atoms with Crippen LogP contribution in [0.5, 0.6) is 5.75 Å². The molecule has 3 aromatic carbocycles. The molecule has 1 fully saturated rings. The van der Waals surface area contributed by atoms with E-state index in [0.29, 0.717) is 42.5 Å². The molecule has 4 aromatic rings. The van der Waals surface area contributed by atoms with Crippen LogP contribution >= 0.6 is 0 Å². The molecule has 1 aromatic heterocycles. The van der Waals surface area contributed by atoms with Gasteiger partial charge in [-0.1, -0.05) is 55.0 Å². The van der Waals surface area contributed by atoms with Crippen LogP contribution in [-0.4, -0.2) is 77.8 Å². The van der Waals surface area contributed by atoms with Crippen molar-refractivity contribution in [2.24, 2.45) is 0 Å². The van der Waals surface area contributed by atoms with E-state index >= 15 is 0 Å². The van der Waals surface area contributed by atoms with Crippen LogP contribution in [0.1, 0.15) is 61.6 Å². The largest absolute Gasteiger partial charge is 0.489 e. The second-order valence-corrected chi connectivity index (χ2v) is 13.8. The Balaban J connectivity index is 1.19. The van der Waals surface area contributed by atoms with Crippen LogP contribution in [0.3, 0.4) is 0 Å². The number of hydrogen-bond donors (Lipinski definition) is 3. The molecule has 53 heavy (non-hydrogen) atoms. The van der Waals surface area contributed by atoms with Gasteiger partial charge in [0.1, 0.15) is 23.7 Å². The maximum atomic E-state index is 13.6. The Bertz CT molecular complexity index is 1760. The van der Waals surface area contributed by atoms with Crippen molar-refractivity contribution in [3.8, 4) is 5.75 Å². The van der Waals surface area contributed by atoms with Crippen molar-refractivity contribution in [2.75, 3.05) is 55.3 Å². The molecule has 0 radical (unpaired) electrons. The Morgan fingerprint density at radius 1 is 0.792 bits per heavy atom. The Kier molecular flexibility index (Phi) is 14.2. The molecule has 1 aliphatic heterocycles. The molecule has 1 aliphatic rings. The quantitative estimate of drug-likeness (QED) is 0.106. The van der Waals surface area contributed by atoms with Crippen LogP contribution in [0.15, 0.2) is 97.2 Å². The SMILES string of the molecule is CC(C)(C)OC(=O)Nc1ccccc1NC(=O)c1ccc(CN(CCCCCN2CCOCC2)C(=O)Nc2ccc(OCc3ccccc3)cc2)cn1. The third-order valence-electron chi connectivity index (χ3n) is 8.39. The summed E-state index contributed by atoms with van der Waals surface area (Å²) in [5, 5.41) is 8.53. The molecule has 0 atom stereocenters. The number of aromatic nitrogens is 1. The highest BCUT2D eigenvalue weighted by atomic mass is 16.6. The number of nitrogens with one attached hydrogen (secondary N) is 3. The number of rotatable bonds is 15. The van der Waals surface area contributed by atoms with Gasteiger partial charge in [0, 0.05) is 38.1 Å². The summed E-state index contributed by atoms with van der Waals surface area (Å²) >= 11 is 0. The van der Waals surface area contributed by atoms with E-state index in [1.807, 2.05) is 54.6 Å². The van der Waals surface area contributed by atoms with Crippen molar-refractivity contribution < 1.29 is 28.6 Å². The molecule has 12 nitrogen and oxygen atoms in total. The summed E-state index contributed by atoms with van der Waals surface area (Å²) in [5.41, 5.74) is 2.83. The van der Waals surface area contributed by atoms with Crippen molar-refractivity contribution in [1.82, 2.24) is 14.8 Å². The molecular weight excluding hydrogens is 672 g/mol. The number of carbonyl (C=O) groups is 3. The Morgan fingerprint density at radius 2 is 1.49 bits per heavy atom. The van der Waals surface area contributed by atoms with Gasteiger partial charge in [0.25, 0.3) is 5.91 Å². The fraction of sp³-hybridized carbons (Fsp3) is 0.366. The van der Waals surface area contributed by atoms with Crippen molar-refractivity contribution >= 4 is 35.1 Å². The molecule has 12 heteroatoms. The number of urea groups is 1. The molecule has 3 N–H and O–H groups in total. The maximum Gasteiger partial charge on any atom is 0.412 e. The summed E-state index contributed by atoms with van der Waals surface area (Å²) in [6.45, 7) is 11.1. The highest BCUT2D eigenvalue weighted by Crippen LogP contribution is 2.23. The lowest BCUT2D eigenvalue weighted by molar-refractivity contribution is 0.0371. The number of ether oxygens (including phenoxy) is 3. The van der Waals surface area contributed by atoms with Gasteiger partial charge >= 0.3 is 12.1 Å². The van der Waals surface area contributed by atoms with E-state index < -0.39 is 17.6 Å². The minimum absolute atomic E-state index is 0.189. The Hall–Kier alpha value is -5.46. The van der Waals surface area contributed by atoms with Crippen LogP contribution in [0.4, 0.5) is 26.7 Å². The van der Waals surface area contributed by atoms with Crippen LogP contribution in [0, 0.1) is 0 Å². The molecule has 0 bridgehead atoms. The van der Waals surface area contributed by atoms with Gasteiger partial charge in [-0.2, -0.15) is 0 Å². The van der Waals surface area contributed by atoms with Crippen molar-refractivity contribution in [3.63, 3.8) is 0 Å². The normalized spacial score (nSPS) is 13.1. The molecular formula is C41H50N6O6. The van der Waals surface area contributed by atoms with E-state index in [4.69, 9.17) is 14.2 Å². The van der Waals surface area contributed by atoms with E-state index in [0.717, 1.165) is 63.2 Å². The summed E-state index contributed by atoms with van der Waals surface area (Å²) in [6, 6.07) is 27.3. The number of unbranched alkanes of at least 4 members (excludes halogenated alkanes) is 2. The summed E-state index contributed by atoms with van der Waals surface area (Å²) in [6.07, 6.45) is 3.85. The second kappa shape index (κ2) is 19.4. The third-order valence-corrected chi connectivity index (χ3v) is 8.39. The van der Waals surface area contributed by atoms with E-state index in [2.05, 4.69) is 25.8 Å². The minimum atomic E-state index is -0.670. The number of amides is 4. The summed E-state index contributed by atoms with van der Waals surface area (Å²) < 4.78 is 16.7. The van der Waals surface area contributed by atoms with Gasteiger partial charge in [-0.15, -0.1) is 0 Å². The molecule has 1 saturated heterocycles. The van der Waals surface area contributed by atoms with Crippen LogP contribution < -0.4 is 20.7 Å². The topological polar surface area (TPSA) is 134 Å². The minimum Gasteiger partial charge on any atom is -0.489 e. The first kappa shape index (κ1) is 38.8. The van der Waals surface area contributed by atoms with Crippen molar-refractivity contribution in [1.29, 1.82) is 0 Å². The van der Waals surface area contributed by atoms with E-state index in [1.165, 1.54) is 0 Å². The van der Waals surface area contributed by atoms with Gasteiger partial charge in [-0.05, 0) is 93.7 Å². The van der Waals surface area contributed by atoms with E-state index in [-0.39, 0.29) is 11.7 Å². The zero-order valence-corrected chi connectivity index (χ0v) is 30.8. The number of para-hydroxylation sites is 2. The Labute approximate surface area is 311 Å². The van der Waals surface area contributed by atoms with Gasteiger partial charge in [-0.25, -0.2) is 9.59 Å². The summed E-state index contributed by atoms with van der Waals surface area (Å²) in [4.78, 5) is 47.7. The highest BCUT2D eigenvalue weighted by Gasteiger charge is 2.19. The molecule has 0 spiro atoms. The number of benzene rings is 3. The van der Waals surface area contributed by atoms with Gasteiger partial charge in [0.2, 0.25) is 0 Å². The fourth-order valence-corrected chi connectivity index (χ4v) is 5.64. The smallest absolute Gasteiger partial charge is 0.412 e. The molecule has 4 amide bonds.